The monoisotopic (exact) mass is 372 g/mol. The van der Waals surface area contributed by atoms with Gasteiger partial charge in [-0.05, 0) is 36.6 Å². The van der Waals surface area contributed by atoms with Gasteiger partial charge in [0.15, 0.2) is 0 Å². The van der Waals surface area contributed by atoms with Crippen molar-refractivity contribution in [1.82, 2.24) is 4.90 Å². The molecule has 0 fully saturated rings. The van der Waals surface area contributed by atoms with Crippen LogP contribution in [0.15, 0.2) is 42.5 Å². The minimum Gasteiger partial charge on any atom is -0.283 e. The molecule has 1 N–H and O–H groups in total. The highest BCUT2D eigenvalue weighted by Crippen LogP contribution is 2.24. The van der Waals surface area contributed by atoms with Gasteiger partial charge in [0.25, 0.3) is 11.8 Å². The summed E-state index contributed by atoms with van der Waals surface area (Å²) in [6, 6.07) is 12.1. The first-order valence-corrected chi connectivity index (χ1v) is 10.0. The number of aryl methyl sites for hydroxylation is 2. The molecular formula is C19H20N2O4S. The van der Waals surface area contributed by atoms with Crippen LogP contribution in [0.5, 0.6) is 0 Å². The predicted octanol–water partition coefficient (Wildman–Crippen LogP) is 2.60. The number of nitrogens with zero attached hydrogens (tertiary/aromatic N) is 1. The van der Waals surface area contributed by atoms with Crippen molar-refractivity contribution >= 4 is 27.5 Å². The second-order valence-corrected chi connectivity index (χ2v) is 8.03. The maximum absolute atomic E-state index is 12.5. The fourth-order valence-corrected chi connectivity index (χ4v) is 4.16. The molecule has 0 atom stereocenters. The molecule has 2 amide bonds. The third kappa shape index (κ3) is 3.35. The summed E-state index contributed by atoms with van der Waals surface area (Å²) in [6.07, 6.45) is 0.692. The van der Waals surface area contributed by atoms with Crippen molar-refractivity contribution in [3.63, 3.8) is 0 Å². The Morgan fingerprint density at radius 2 is 1.58 bits per heavy atom. The van der Waals surface area contributed by atoms with Crippen molar-refractivity contribution in [3.05, 3.63) is 64.7 Å². The first-order chi connectivity index (χ1) is 12.3. The number of carbonyl (C=O) groups excluding carboxylic acids is 2. The molecule has 7 heteroatoms. The summed E-state index contributed by atoms with van der Waals surface area (Å²) in [7, 11) is -3.71. The molecule has 0 aliphatic carbocycles. The summed E-state index contributed by atoms with van der Waals surface area (Å²) >= 11 is 0. The molecule has 0 spiro atoms. The van der Waals surface area contributed by atoms with Crippen molar-refractivity contribution < 1.29 is 18.0 Å². The van der Waals surface area contributed by atoms with Gasteiger partial charge in [0, 0.05) is 6.54 Å². The number of hydrogen-bond acceptors (Lipinski definition) is 4. The number of para-hydroxylation sites is 1. The average molecular weight is 372 g/mol. The van der Waals surface area contributed by atoms with Gasteiger partial charge < -0.3 is 0 Å². The SMILES string of the molecule is CCc1cccc(C)c1NS(=O)(=O)CCN1C(=O)c2ccccc2C1=O. The van der Waals surface area contributed by atoms with Gasteiger partial charge in [-0.3, -0.25) is 19.2 Å². The van der Waals surface area contributed by atoms with Crippen LogP contribution in [0.2, 0.25) is 0 Å². The molecule has 0 saturated heterocycles. The molecule has 0 unspecified atom stereocenters. The van der Waals surface area contributed by atoms with Crippen molar-refractivity contribution in [2.24, 2.45) is 0 Å². The van der Waals surface area contributed by atoms with Gasteiger partial charge in [0.05, 0.1) is 22.6 Å². The van der Waals surface area contributed by atoms with Crippen LogP contribution in [-0.2, 0) is 16.4 Å². The summed E-state index contributed by atoms with van der Waals surface area (Å²) in [4.78, 5) is 25.6. The molecule has 0 bridgehead atoms. The van der Waals surface area contributed by atoms with E-state index in [0.29, 0.717) is 23.2 Å². The van der Waals surface area contributed by atoms with E-state index in [1.54, 1.807) is 24.3 Å². The number of amides is 2. The van der Waals surface area contributed by atoms with Gasteiger partial charge in [-0.1, -0.05) is 37.3 Å². The minimum atomic E-state index is -3.71. The van der Waals surface area contributed by atoms with Crippen molar-refractivity contribution in [3.8, 4) is 0 Å². The lowest BCUT2D eigenvalue weighted by molar-refractivity contribution is 0.0664. The van der Waals surface area contributed by atoms with E-state index in [-0.39, 0.29) is 12.3 Å². The number of carbonyl (C=O) groups is 2. The van der Waals surface area contributed by atoms with Gasteiger partial charge in [0.1, 0.15) is 0 Å². The number of anilines is 1. The van der Waals surface area contributed by atoms with Crippen molar-refractivity contribution in [2.75, 3.05) is 17.0 Å². The zero-order chi connectivity index (χ0) is 18.9. The van der Waals surface area contributed by atoms with Crippen LogP contribution in [0.4, 0.5) is 5.69 Å². The number of sulfonamides is 1. The van der Waals surface area contributed by atoms with Crippen LogP contribution >= 0.6 is 0 Å². The Bertz CT molecular complexity index is 948. The number of fused-ring (bicyclic) bond motifs is 1. The Kier molecular flexibility index (Phi) is 4.82. The van der Waals surface area contributed by atoms with Gasteiger partial charge in [-0.2, -0.15) is 0 Å². The molecule has 3 rings (SSSR count). The van der Waals surface area contributed by atoms with E-state index >= 15 is 0 Å². The molecule has 2 aromatic carbocycles. The van der Waals surface area contributed by atoms with Gasteiger partial charge in [-0.25, -0.2) is 8.42 Å². The molecule has 1 heterocycles. The number of hydrogen-bond donors (Lipinski definition) is 1. The Balaban J connectivity index is 1.74. The zero-order valence-corrected chi connectivity index (χ0v) is 15.5. The normalized spacial score (nSPS) is 13.8. The van der Waals surface area contributed by atoms with E-state index in [0.717, 1.165) is 16.0 Å². The lowest BCUT2D eigenvalue weighted by Crippen LogP contribution is -2.35. The summed E-state index contributed by atoms with van der Waals surface area (Å²) < 4.78 is 27.6. The van der Waals surface area contributed by atoms with E-state index in [2.05, 4.69) is 4.72 Å². The van der Waals surface area contributed by atoms with Crippen LogP contribution in [0, 0.1) is 6.92 Å². The molecule has 1 aliphatic heterocycles. The number of nitrogens with one attached hydrogen (secondary N) is 1. The number of benzene rings is 2. The molecule has 1 aliphatic rings. The van der Waals surface area contributed by atoms with Crippen molar-refractivity contribution in [2.45, 2.75) is 20.3 Å². The molecule has 26 heavy (non-hydrogen) atoms. The van der Waals surface area contributed by atoms with Gasteiger partial charge in [-0.15, -0.1) is 0 Å². The molecule has 6 nitrogen and oxygen atoms in total. The topological polar surface area (TPSA) is 83.6 Å². The molecule has 0 aromatic heterocycles. The highest BCUT2D eigenvalue weighted by Gasteiger charge is 2.35. The summed E-state index contributed by atoms with van der Waals surface area (Å²) in [6.45, 7) is 3.60. The fraction of sp³-hybridized carbons (Fsp3) is 0.263. The van der Waals surface area contributed by atoms with Crippen LogP contribution in [-0.4, -0.2) is 37.4 Å². The standard InChI is InChI=1S/C19H20N2O4S/c1-3-14-8-6-7-13(2)17(14)20-26(24,25)12-11-21-18(22)15-9-4-5-10-16(15)19(21)23/h4-10,20H,3,11-12H2,1-2H3. The van der Waals surface area contributed by atoms with Gasteiger partial charge in [0.2, 0.25) is 10.0 Å². The summed E-state index contributed by atoms with van der Waals surface area (Å²) in [5, 5.41) is 0. The largest absolute Gasteiger partial charge is 0.283 e. The highest BCUT2D eigenvalue weighted by molar-refractivity contribution is 7.92. The Morgan fingerprint density at radius 1 is 0.962 bits per heavy atom. The summed E-state index contributed by atoms with van der Waals surface area (Å²) in [5.74, 6) is -1.26. The van der Waals surface area contributed by atoms with Crippen LogP contribution in [0.1, 0.15) is 38.8 Å². The van der Waals surface area contributed by atoms with Crippen LogP contribution < -0.4 is 4.72 Å². The molecule has 136 valence electrons. The van der Waals surface area contributed by atoms with Crippen LogP contribution in [0.25, 0.3) is 0 Å². The van der Waals surface area contributed by atoms with Gasteiger partial charge >= 0.3 is 0 Å². The molecular weight excluding hydrogens is 352 g/mol. The minimum absolute atomic E-state index is 0.185. The summed E-state index contributed by atoms with van der Waals surface area (Å²) in [5.41, 5.74) is 2.92. The first kappa shape index (κ1) is 18.1. The maximum atomic E-state index is 12.5. The second kappa shape index (κ2) is 6.92. The number of imide groups is 1. The molecule has 2 aromatic rings. The van der Waals surface area contributed by atoms with E-state index in [1.165, 1.54) is 0 Å². The van der Waals surface area contributed by atoms with E-state index in [9.17, 15) is 18.0 Å². The first-order valence-electron chi connectivity index (χ1n) is 8.38. The van der Waals surface area contributed by atoms with Crippen molar-refractivity contribution in [1.29, 1.82) is 0 Å². The zero-order valence-electron chi connectivity index (χ0n) is 14.7. The Labute approximate surface area is 152 Å². The second-order valence-electron chi connectivity index (χ2n) is 6.19. The average Bonchev–Trinajstić information content (AvgIpc) is 2.86. The van der Waals surface area contributed by atoms with E-state index < -0.39 is 21.8 Å². The van der Waals surface area contributed by atoms with Crippen LogP contribution in [0.3, 0.4) is 0 Å². The quantitative estimate of drug-likeness (QED) is 0.790. The maximum Gasteiger partial charge on any atom is 0.261 e. The third-order valence-corrected chi connectivity index (χ3v) is 5.69. The Morgan fingerprint density at radius 3 is 2.15 bits per heavy atom. The Hall–Kier alpha value is -2.67. The molecule has 0 radical (unpaired) electrons. The highest BCUT2D eigenvalue weighted by atomic mass is 32.2. The lowest BCUT2D eigenvalue weighted by atomic mass is 10.1. The van der Waals surface area contributed by atoms with E-state index in [4.69, 9.17) is 0 Å². The fourth-order valence-electron chi connectivity index (χ4n) is 3.03. The van der Waals surface area contributed by atoms with E-state index in [1.807, 2.05) is 32.0 Å². The predicted molar refractivity (Wildman–Crippen MR) is 99.8 cm³/mol. The molecule has 0 saturated carbocycles. The lowest BCUT2D eigenvalue weighted by Gasteiger charge is -2.17. The smallest absolute Gasteiger partial charge is 0.261 e. The third-order valence-electron chi connectivity index (χ3n) is 4.46. The number of rotatable bonds is 6.